The molecule has 2 rings (SSSR count). The average molecular weight is 347 g/mol. The molecular formula is C18H26N4OS. The summed E-state index contributed by atoms with van der Waals surface area (Å²) in [5.41, 5.74) is 3.04. The van der Waals surface area contributed by atoms with Crippen LogP contribution in [0.5, 0.6) is 0 Å². The number of amides is 1. The first-order valence-corrected chi connectivity index (χ1v) is 9.06. The number of nitrogens with one attached hydrogen (secondary N) is 1. The number of hydrogen-bond donors (Lipinski definition) is 1. The molecule has 0 bridgehead atoms. The molecule has 0 aliphatic rings. The number of carbonyl (C=O) groups excluding carboxylic acids is 1. The van der Waals surface area contributed by atoms with Crippen LogP contribution in [0.1, 0.15) is 18.2 Å². The van der Waals surface area contributed by atoms with Crippen molar-refractivity contribution in [2.75, 3.05) is 39.0 Å². The monoisotopic (exact) mass is 346 g/mol. The minimum Gasteiger partial charge on any atom is -0.341 e. The van der Waals surface area contributed by atoms with Crippen molar-refractivity contribution in [3.63, 3.8) is 0 Å². The van der Waals surface area contributed by atoms with Crippen molar-refractivity contribution in [1.82, 2.24) is 14.8 Å². The summed E-state index contributed by atoms with van der Waals surface area (Å²) in [7, 11) is 4.03. The molecule has 0 spiro atoms. The van der Waals surface area contributed by atoms with Crippen LogP contribution >= 0.6 is 11.3 Å². The van der Waals surface area contributed by atoms with Gasteiger partial charge in [0, 0.05) is 30.7 Å². The fourth-order valence-corrected chi connectivity index (χ4v) is 3.07. The summed E-state index contributed by atoms with van der Waals surface area (Å²) in [5, 5.41) is 6.07. The van der Waals surface area contributed by atoms with E-state index in [1.165, 1.54) is 16.9 Å². The van der Waals surface area contributed by atoms with Gasteiger partial charge in [0.25, 0.3) is 0 Å². The predicted octanol–water partition coefficient (Wildman–Crippen LogP) is 3.15. The number of hydrogen-bond acceptors (Lipinski definition) is 5. The normalized spacial score (nSPS) is 10.9. The highest BCUT2D eigenvalue weighted by Gasteiger charge is 2.14. The Morgan fingerprint density at radius 2 is 2.08 bits per heavy atom. The second-order valence-corrected chi connectivity index (χ2v) is 6.95. The molecule has 0 fully saturated rings. The predicted molar refractivity (Wildman–Crippen MR) is 101 cm³/mol. The number of nitrogens with zero attached hydrogens (tertiary/aromatic N) is 3. The zero-order valence-electron chi connectivity index (χ0n) is 14.9. The van der Waals surface area contributed by atoms with Gasteiger partial charge in [-0.3, -0.25) is 4.79 Å². The average Bonchev–Trinajstić information content (AvgIpc) is 2.94. The van der Waals surface area contributed by atoms with Gasteiger partial charge in [0.1, 0.15) is 0 Å². The molecule has 0 aliphatic heterocycles. The van der Waals surface area contributed by atoms with Crippen LogP contribution in [-0.4, -0.2) is 54.4 Å². The molecule has 24 heavy (non-hydrogen) atoms. The molecule has 0 atom stereocenters. The van der Waals surface area contributed by atoms with E-state index in [9.17, 15) is 4.79 Å². The molecule has 1 aromatic carbocycles. The summed E-state index contributed by atoms with van der Waals surface area (Å²) in [6.07, 6.45) is 0.354. The van der Waals surface area contributed by atoms with E-state index < -0.39 is 0 Å². The van der Waals surface area contributed by atoms with Crippen LogP contribution in [-0.2, 0) is 11.2 Å². The lowest BCUT2D eigenvalue weighted by molar-refractivity contribution is -0.130. The molecule has 1 N–H and O–H groups in total. The SMILES string of the molecule is CCN(CCN(C)C)C(=O)Cc1csc(Nc2cccc(C)c2)n1. The molecule has 1 amide bonds. The highest BCUT2D eigenvalue weighted by Crippen LogP contribution is 2.22. The molecule has 0 unspecified atom stereocenters. The van der Waals surface area contributed by atoms with Gasteiger partial charge >= 0.3 is 0 Å². The van der Waals surface area contributed by atoms with E-state index in [0.29, 0.717) is 6.42 Å². The van der Waals surface area contributed by atoms with Crippen molar-refractivity contribution in [3.8, 4) is 0 Å². The first-order valence-electron chi connectivity index (χ1n) is 8.18. The van der Waals surface area contributed by atoms with Crippen LogP contribution in [0, 0.1) is 6.92 Å². The summed E-state index contributed by atoms with van der Waals surface area (Å²) in [6, 6.07) is 8.16. The molecule has 0 aliphatic carbocycles. The molecule has 1 aromatic heterocycles. The number of carbonyl (C=O) groups is 1. The highest BCUT2D eigenvalue weighted by atomic mass is 32.1. The summed E-state index contributed by atoms with van der Waals surface area (Å²) in [4.78, 5) is 20.9. The van der Waals surface area contributed by atoms with E-state index in [2.05, 4.69) is 34.3 Å². The molecule has 5 nitrogen and oxygen atoms in total. The van der Waals surface area contributed by atoms with Gasteiger partial charge in [-0.1, -0.05) is 12.1 Å². The summed E-state index contributed by atoms with van der Waals surface area (Å²) in [6.45, 7) is 6.42. The van der Waals surface area contributed by atoms with Crippen molar-refractivity contribution in [2.45, 2.75) is 20.3 Å². The topological polar surface area (TPSA) is 48.5 Å². The highest BCUT2D eigenvalue weighted by molar-refractivity contribution is 7.13. The first kappa shape index (κ1) is 18.4. The second-order valence-electron chi connectivity index (χ2n) is 6.09. The molecule has 0 radical (unpaired) electrons. The van der Waals surface area contributed by atoms with Crippen LogP contribution in [0.15, 0.2) is 29.6 Å². The number of thiazole rings is 1. The van der Waals surface area contributed by atoms with Gasteiger partial charge in [-0.25, -0.2) is 4.98 Å². The van der Waals surface area contributed by atoms with E-state index in [4.69, 9.17) is 0 Å². The van der Waals surface area contributed by atoms with Crippen molar-refractivity contribution in [2.24, 2.45) is 0 Å². The third-order valence-corrected chi connectivity index (χ3v) is 4.51. The smallest absolute Gasteiger partial charge is 0.228 e. The van der Waals surface area contributed by atoms with Gasteiger partial charge in [0.15, 0.2) is 5.13 Å². The number of anilines is 2. The van der Waals surface area contributed by atoms with E-state index in [-0.39, 0.29) is 5.91 Å². The van der Waals surface area contributed by atoms with E-state index in [0.717, 1.165) is 36.1 Å². The molecule has 130 valence electrons. The summed E-state index contributed by atoms with van der Waals surface area (Å²) in [5.74, 6) is 0.131. The van der Waals surface area contributed by atoms with Gasteiger partial charge in [-0.05, 0) is 45.6 Å². The van der Waals surface area contributed by atoms with Crippen LogP contribution in [0.4, 0.5) is 10.8 Å². The minimum atomic E-state index is 0.131. The van der Waals surface area contributed by atoms with E-state index in [1.807, 2.05) is 43.4 Å². The van der Waals surface area contributed by atoms with Crippen molar-refractivity contribution < 1.29 is 4.79 Å². The number of benzene rings is 1. The maximum atomic E-state index is 12.4. The largest absolute Gasteiger partial charge is 0.341 e. The fraction of sp³-hybridized carbons (Fsp3) is 0.444. The Bertz CT molecular complexity index is 669. The first-order chi connectivity index (χ1) is 11.5. The number of aromatic nitrogens is 1. The third kappa shape index (κ3) is 5.62. The lowest BCUT2D eigenvalue weighted by Crippen LogP contribution is -2.37. The maximum Gasteiger partial charge on any atom is 0.228 e. The molecule has 0 saturated heterocycles. The van der Waals surface area contributed by atoms with Crippen LogP contribution in [0.3, 0.4) is 0 Å². The molecule has 6 heteroatoms. The van der Waals surface area contributed by atoms with Crippen molar-refractivity contribution >= 4 is 28.1 Å². The number of aryl methyl sites for hydroxylation is 1. The Morgan fingerprint density at radius 1 is 1.29 bits per heavy atom. The Labute approximate surface area is 148 Å². The van der Waals surface area contributed by atoms with Gasteiger partial charge in [0.2, 0.25) is 5.91 Å². The van der Waals surface area contributed by atoms with Gasteiger partial charge in [0.05, 0.1) is 12.1 Å². The zero-order valence-corrected chi connectivity index (χ0v) is 15.7. The Balaban J connectivity index is 1.93. The minimum absolute atomic E-state index is 0.131. The lowest BCUT2D eigenvalue weighted by Gasteiger charge is -2.22. The number of rotatable bonds is 8. The van der Waals surface area contributed by atoms with Crippen LogP contribution < -0.4 is 5.32 Å². The summed E-state index contributed by atoms with van der Waals surface area (Å²) < 4.78 is 0. The van der Waals surface area contributed by atoms with Gasteiger partial charge in [-0.2, -0.15) is 0 Å². The standard InChI is InChI=1S/C18H26N4OS/c1-5-22(10-9-21(3)4)17(23)12-16-13-24-18(20-16)19-15-8-6-7-14(2)11-15/h6-8,11,13H,5,9-10,12H2,1-4H3,(H,19,20). The third-order valence-electron chi connectivity index (χ3n) is 3.70. The lowest BCUT2D eigenvalue weighted by atomic mass is 10.2. The summed E-state index contributed by atoms with van der Waals surface area (Å²) >= 11 is 1.53. The zero-order chi connectivity index (χ0) is 17.5. The van der Waals surface area contributed by atoms with E-state index in [1.54, 1.807) is 0 Å². The second kappa shape index (κ2) is 8.80. The fourth-order valence-electron chi connectivity index (χ4n) is 2.34. The molecule has 0 saturated carbocycles. The molecule has 1 heterocycles. The Hall–Kier alpha value is -1.92. The van der Waals surface area contributed by atoms with Gasteiger partial charge < -0.3 is 15.1 Å². The van der Waals surface area contributed by atoms with Crippen LogP contribution in [0.25, 0.3) is 0 Å². The Kier molecular flexibility index (Phi) is 6.75. The van der Waals surface area contributed by atoms with Crippen LogP contribution in [0.2, 0.25) is 0 Å². The van der Waals surface area contributed by atoms with Gasteiger partial charge in [-0.15, -0.1) is 11.3 Å². The van der Waals surface area contributed by atoms with E-state index >= 15 is 0 Å². The Morgan fingerprint density at radius 3 is 2.75 bits per heavy atom. The number of likely N-dealkylation sites (N-methyl/N-ethyl adjacent to an activating group) is 2. The van der Waals surface area contributed by atoms with Crippen molar-refractivity contribution in [1.29, 1.82) is 0 Å². The molecule has 2 aromatic rings. The van der Waals surface area contributed by atoms with Crippen molar-refractivity contribution in [3.05, 3.63) is 40.9 Å². The molecular weight excluding hydrogens is 320 g/mol. The quantitative estimate of drug-likeness (QED) is 0.798. The maximum absolute atomic E-state index is 12.4.